The Morgan fingerprint density at radius 2 is 1.26 bits per heavy atom. The highest BCUT2D eigenvalue weighted by molar-refractivity contribution is 5.97. The molecule has 4 amide bonds. The number of guanidine groups is 2. The van der Waals surface area contributed by atoms with Crippen molar-refractivity contribution in [3.8, 4) is 0 Å². The number of benzene rings is 2. The minimum atomic E-state index is -1.05. The third-order valence-electron chi connectivity index (χ3n) is 7.45. The van der Waals surface area contributed by atoms with Gasteiger partial charge in [-0.15, -0.1) is 0 Å². The van der Waals surface area contributed by atoms with Crippen LogP contribution in [0.5, 0.6) is 0 Å². The Bertz CT molecular complexity index is 1490. The number of nitrogens with two attached hydrogens (primary N) is 5. The van der Waals surface area contributed by atoms with E-state index in [0.717, 1.165) is 11.1 Å². The molecule has 2 aromatic rings. The van der Waals surface area contributed by atoms with Crippen LogP contribution in [0.25, 0.3) is 0 Å². The van der Waals surface area contributed by atoms with Gasteiger partial charge in [0.25, 0.3) is 0 Å². The quantitative estimate of drug-likeness (QED) is 0.0261. The van der Waals surface area contributed by atoms with Crippen molar-refractivity contribution < 1.29 is 24.4 Å². The molecule has 0 aliphatic heterocycles. The van der Waals surface area contributed by atoms with Gasteiger partial charge in [-0.25, -0.2) is 0 Å². The van der Waals surface area contributed by atoms with Crippen LogP contribution in [0, 0.1) is 5.92 Å². The molecule has 0 aliphatic rings. The van der Waals surface area contributed by atoms with Gasteiger partial charge in [0.05, 0.1) is 6.42 Å². The lowest BCUT2D eigenvalue weighted by Gasteiger charge is -2.27. The molecule has 0 fully saturated rings. The van der Waals surface area contributed by atoms with E-state index in [2.05, 4.69) is 36.4 Å². The van der Waals surface area contributed by atoms with E-state index in [4.69, 9.17) is 33.9 Å². The fraction of sp³-hybridized carbons (Fsp3) is 0.424. The van der Waals surface area contributed by atoms with Crippen LogP contribution in [0.15, 0.2) is 69.7 Å². The van der Waals surface area contributed by atoms with Crippen LogP contribution in [0.3, 0.4) is 0 Å². The molecule has 50 heavy (non-hydrogen) atoms. The molecule has 0 aliphatic carbocycles. The fourth-order valence-corrected chi connectivity index (χ4v) is 4.79. The lowest BCUT2D eigenvalue weighted by atomic mass is 10.0. The number of oxime groups is 1. The second kappa shape index (κ2) is 21.2. The first-order chi connectivity index (χ1) is 23.8. The van der Waals surface area contributed by atoms with Crippen molar-refractivity contribution in [2.75, 3.05) is 13.1 Å². The molecule has 0 radical (unpaired) electrons. The summed E-state index contributed by atoms with van der Waals surface area (Å²) in [5.41, 5.74) is 29.3. The summed E-state index contributed by atoms with van der Waals surface area (Å²) in [7, 11) is 0. The Balaban J connectivity index is 2.18. The fourth-order valence-electron chi connectivity index (χ4n) is 4.79. The van der Waals surface area contributed by atoms with Gasteiger partial charge in [-0.3, -0.25) is 29.2 Å². The molecule has 0 saturated heterocycles. The lowest BCUT2D eigenvalue weighted by molar-refractivity contribution is -0.134. The topological polar surface area (TPSA) is 304 Å². The van der Waals surface area contributed by atoms with Gasteiger partial charge < -0.3 is 55.1 Å². The second-order valence-corrected chi connectivity index (χ2v) is 11.9. The number of amidine groups is 1. The molecular formula is C33H50N12O5. The molecule has 17 nitrogen and oxygen atoms in total. The lowest BCUT2D eigenvalue weighted by Crippen LogP contribution is -2.58. The van der Waals surface area contributed by atoms with Crippen LogP contribution in [-0.4, -0.2) is 77.8 Å². The number of amides is 4. The van der Waals surface area contributed by atoms with E-state index >= 15 is 0 Å². The highest BCUT2D eigenvalue weighted by Crippen LogP contribution is 2.09. The summed E-state index contributed by atoms with van der Waals surface area (Å²) in [4.78, 5) is 61.4. The Morgan fingerprint density at radius 3 is 1.78 bits per heavy atom. The van der Waals surface area contributed by atoms with Crippen LogP contribution < -0.4 is 49.9 Å². The number of nitrogens with zero attached hydrogens (tertiary/aromatic N) is 3. The van der Waals surface area contributed by atoms with Crippen LogP contribution in [0.4, 0.5) is 0 Å². The summed E-state index contributed by atoms with van der Waals surface area (Å²) in [6.07, 6.45) is 1.20. The third-order valence-corrected chi connectivity index (χ3v) is 7.45. The van der Waals surface area contributed by atoms with Crippen LogP contribution in [-0.2, 0) is 32.1 Å². The number of hydrogen-bond acceptors (Lipinski definition) is 8. The summed E-state index contributed by atoms with van der Waals surface area (Å²) in [6.45, 7) is 4.09. The Hall–Kier alpha value is -5.87. The zero-order valence-corrected chi connectivity index (χ0v) is 28.5. The van der Waals surface area contributed by atoms with E-state index in [9.17, 15) is 19.2 Å². The van der Waals surface area contributed by atoms with E-state index in [0.29, 0.717) is 18.4 Å². The monoisotopic (exact) mass is 694 g/mol. The van der Waals surface area contributed by atoms with Crippen molar-refractivity contribution in [1.29, 1.82) is 0 Å². The van der Waals surface area contributed by atoms with Gasteiger partial charge in [-0.05, 0) is 42.7 Å². The maximum atomic E-state index is 13.7. The molecule has 0 bridgehead atoms. The first kappa shape index (κ1) is 40.3. The summed E-state index contributed by atoms with van der Waals surface area (Å²) in [6, 6.07) is 12.7. The van der Waals surface area contributed by atoms with Gasteiger partial charge in [-0.2, -0.15) is 0 Å². The van der Waals surface area contributed by atoms with E-state index in [1.165, 1.54) is 0 Å². The molecule has 0 spiro atoms. The largest absolute Gasteiger partial charge is 0.409 e. The molecule has 1 unspecified atom stereocenters. The van der Waals surface area contributed by atoms with Crippen LogP contribution in [0.2, 0.25) is 0 Å². The zero-order valence-electron chi connectivity index (χ0n) is 28.5. The molecule has 0 heterocycles. The van der Waals surface area contributed by atoms with Crippen molar-refractivity contribution in [3.05, 3.63) is 71.3 Å². The first-order valence-corrected chi connectivity index (χ1v) is 16.2. The molecule has 0 saturated carbocycles. The number of carbonyl (C=O) groups is 4. The van der Waals surface area contributed by atoms with Gasteiger partial charge in [0.1, 0.15) is 18.1 Å². The van der Waals surface area contributed by atoms with Gasteiger partial charge >= 0.3 is 0 Å². The number of rotatable bonds is 20. The first-order valence-electron chi connectivity index (χ1n) is 16.2. The van der Waals surface area contributed by atoms with Gasteiger partial charge in [-0.1, -0.05) is 73.6 Å². The number of carbonyl (C=O) groups excluding carboxylic acids is 4. The zero-order chi connectivity index (χ0) is 37.1. The Kier molecular flexibility index (Phi) is 17.1. The molecule has 17 heteroatoms. The normalized spacial score (nSPS) is 12.9. The van der Waals surface area contributed by atoms with E-state index in [-0.39, 0.29) is 68.5 Å². The van der Waals surface area contributed by atoms with Crippen LogP contribution >= 0.6 is 0 Å². The predicted molar refractivity (Wildman–Crippen MR) is 191 cm³/mol. The minimum absolute atomic E-state index is 0.0530. The molecule has 15 N–H and O–H groups in total. The van der Waals surface area contributed by atoms with Crippen molar-refractivity contribution in [2.45, 2.75) is 70.6 Å². The van der Waals surface area contributed by atoms with Gasteiger partial charge in [0.2, 0.25) is 23.6 Å². The Morgan fingerprint density at radius 1 is 0.700 bits per heavy atom. The van der Waals surface area contributed by atoms with Crippen molar-refractivity contribution in [3.63, 3.8) is 0 Å². The highest BCUT2D eigenvalue weighted by Gasteiger charge is 2.31. The van der Waals surface area contributed by atoms with Crippen LogP contribution in [0.1, 0.15) is 56.2 Å². The molecule has 3 atom stereocenters. The summed E-state index contributed by atoms with van der Waals surface area (Å²) < 4.78 is 0. The third kappa shape index (κ3) is 14.9. The molecular weight excluding hydrogens is 644 g/mol. The van der Waals surface area contributed by atoms with Crippen molar-refractivity contribution in [2.24, 2.45) is 49.7 Å². The average molecular weight is 695 g/mol. The van der Waals surface area contributed by atoms with E-state index in [1.54, 1.807) is 50.2 Å². The smallest absolute Gasteiger partial charge is 0.243 e. The summed E-state index contributed by atoms with van der Waals surface area (Å²) in [5, 5.41) is 23.0. The van der Waals surface area contributed by atoms with E-state index in [1.807, 2.05) is 18.2 Å². The minimum Gasteiger partial charge on any atom is -0.409 e. The SMILES string of the molecule is CC(C)C(NC(=O)[C@H](CCCN=C(N)N)NC(=O)Cc1ccccc1)C(=O)N[C@@H](CCCN=C(N)N)C(=O)NCc1ccc(C(N)=NO)cc1. The summed E-state index contributed by atoms with van der Waals surface area (Å²) in [5.74, 6) is -2.64. The number of nitrogens with one attached hydrogen (secondary N) is 4. The van der Waals surface area contributed by atoms with E-state index < -0.39 is 35.8 Å². The van der Waals surface area contributed by atoms with Gasteiger partial charge in [0.15, 0.2) is 17.8 Å². The van der Waals surface area contributed by atoms with Crippen molar-refractivity contribution >= 4 is 41.4 Å². The number of hydrogen-bond donors (Lipinski definition) is 10. The number of aliphatic imine (C=N–C) groups is 2. The molecule has 2 rings (SSSR count). The maximum Gasteiger partial charge on any atom is 0.243 e. The summed E-state index contributed by atoms with van der Waals surface area (Å²) >= 11 is 0. The maximum absolute atomic E-state index is 13.7. The second-order valence-electron chi connectivity index (χ2n) is 11.9. The molecule has 2 aromatic carbocycles. The van der Waals surface area contributed by atoms with Gasteiger partial charge in [0, 0.05) is 25.2 Å². The van der Waals surface area contributed by atoms with Crippen molar-refractivity contribution in [1.82, 2.24) is 21.3 Å². The predicted octanol–water partition coefficient (Wildman–Crippen LogP) is -1.14. The Labute approximate surface area is 291 Å². The molecule has 272 valence electrons. The standard InChI is InChI=1S/C33H50N12O5/c1-20(2)27(44-30(48)25(11-7-17-40-33(37)38)42-26(46)18-21-8-4-3-5-9-21)31(49)43-24(10-6-16-39-32(35)36)29(47)41-19-22-12-14-23(15-13-22)28(34)45-50/h3-5,8-9,12-15,20,24-25,27,50H,6-7,10-11,16-19H2,1-2H3,(H2,34,45)(H,41,47)(H,42,46)(H,43,49)(H,44,48)(H4,35,36,39)(H4,37,38,40)/t24-,25-,27?/m0/s1. The average Bonchev–Trinajstić information content (AvgIpc) is 3.08. The molecule has 0 aromatic heterocycles. The highest BCUT2D eigenvalue weighted by atomic mass is 16.4.